The third-order valence-electron chi connectivity index (χ3n) is 1.48. The van der Waals surface area contributed by atoms with Crippen LogP contribution in [0.2, 0.25) is 0 Å². The van der Waals surface area contributed by atoms with E-state index in [-0.39, 0.29) is 6.42 Å². The van der Waals surface area contributed by atoms with Crippen molar-refractivity contribution in [1.29, 1.82) is 0 Å². The van der Waals surface area contributed by atoms with Crippen LogP contribution in [0.5, 0.6) is 0 Å². The lowest BCUT2D eigenvalue weighted by Crippen LogP contribution is -2.32. The summed E-state index contributed by atoms with van der Waals surface area (Å²) in [5.74, 6) is 0. The van der Waals surface area contributed by atoms with E-state index in [1.54, 1.807) is 0 Å². The second-order valence-corrected chi connectivity index (χ2v) is 2.22. The standard InChI is InChI=1S/C6H8F3/c7-4-2-1-3-5(8)6(4)9/h2,4-6H,1,3H2. The summed E-state index contributed by atoms with van der Waals surface area (Å²) in [6.07, 6.45) is -3.54. The molecule has 0 N–H and O–H groups in total. The summed E-state index contributed by atoms with van der Waals surface area (Å²) in [6, 6.07) is 0. The van der Waals surface area contributed by atoms with E-state index in [1.807, 2.05) is 0 Å². The third-order valence-corrected chi connectivity index (χ3v) is 1.48. The van der Waals surface area contributed by atoms with Gasteiger partial charge in [0.05, 0.1) is 0 Å². The summed E-state index contributed by atoms with van der Waals surface area (Å²) < 4.78 is 36.5. The molecule has 0 nitrogen and oxygen atoms in total. The van der Waals surface area contributed by atoms with Crippen LogP contribution in [0.25, 0.3) is 0 Å². The average molecular weight is 137 g/mol. The van der Waals surface area contributed by atoms with Crippen LogP contribution < -0.4 is 0 Å². The van der Waals surface area contributed by atoms with E-state index in [9.17, 15) is 13.2 Å². The van der Waals surface area contributed by atoms with Crippen LogP contribution in [0.3, 0.4) is 0 Å². The molecule has 1 fully saturated rings. The second kappa shape index (κ2) is 2.58. The van der Waals surface area contributed by atoms with Crippen molar-refractivity contribution >= 4 is 0 Å². The Hall–Kier alpha value is -0.210. The molecule has 1 aliphatic rings. The van der Waals surface area contributed by atoms with Crippen molar-refractivity contribution in [2.24, 2.45) is 0 Å². The van der Waals surface area contributed by atoms with Crippen LogP contribution in [0, 0.1) is 6.42 Å². The maximum absolute atomic E-state index is 12.2. The van der Waals surface area contributed by atoms with E-state index in [0.29, 0.717) is 6.42 Å². The molecular weight excluding hydrogens is 129 g/mol. The quantitative estimate of drug-likeness (QED) is 0.479. The zero-order valence-electron chi connectivity index (χ0n) is 4.86. The maximum atomic E-state index is 12.2. The molecule has 3 atom stereocenters. The van der Waals surface area contributed by atoms with Gasteiger partial charge in [0.1, 0.15) is 12.3 Å². The summed E-state index contributed by atoms with van der Waals surface area (Å²) in [5, 5.41) is 0. The molecule has 0 aromatic rings. The van der Waals surface area contributed by atoms with Gasteiger partial charge in [0, 0.05) is 0 Å². The molecule has 53 valence electrons. The van der Waals surface area contributed by atoms with Crippen molar-refractivity contribution in [3.63, 3.8) is 0 Å². The van der Waals surface area contributed by atoms with Gasteiger partial charge >= 0.3 is 0 Å². The first-order valence-corrected chi connectivity index (χ1v) is 2.97. The average Bonchev–Trinajstić information content (AvgIpc) is 1.83. The first-order chi connectivity index (χ1) is 4.22. The van der Waals surface area contributed by atoms with E-state index < -0.39 is 18.5 Å². The lowest BCUT2D eigenvalue weighted by atomic mass is 9.95. The zero-order valence-corrected chi connectivity index (χ0v) is 4.86. The SMILES string of the molecule is FC1[CH]CCC(F)C1F. The monoisotopic (exact) mass is 137 g/mol. The summed E-state index contributed by atoms with van der Waals surface area (Å²) in [6.45, 7) is 0. The van der Waals surface area contributed by atoms with Gasteiger partial charge in [-0.05, 0) is 19.3 Å². The van der Waals surface area contributed by atoms with E-state index in [2.05, 4.69) is 0 Å². The molecular formula is C6H8F3. The van der Waals surface area contributed by atoms with Gasteiger partial charge in [-0.2, -0.15) is 0 Å². The normalized spacial score (nSPS) is 45.0. The molecule has 1 radical (unpaired) electrons. The number of hydrogen-bond donors (Lipinski definition) is 0. The highest BCUT2D eigenvalue weighted by molar-refractivity contribution is 4.92. The molecule has 0 heterocycles. The van der Waals surface area contributed by atoms with Crippen molar-refractivity contribution in [3.8, 4) is 0 Å². The number of hydrogen-bond acceptors (Lipinski definition) is 0. The number of alkyl halides is 3. The predicted molar refractivity (Wildman–Crippen MR) is 28.2 cm³/mol. The minimum Gasteiger partial charge on any atom is -0.244 e. The van der Waals surface area contributed by atoms with Gasteiger partial charge in [0.2, 0.25) is 0 Å². The van der Waals surface area contributed by atoms with Gasteiger partial charge < -0.3 is 0 Å². The summed E-state index contributed by atoms with van der Waals surface area (Å²) in [4.78, 5) is 0. The smallest absolute Gasteiger partial charge is 0.162 e. The molecule has 1 aliphatic carbocycles. The predicted octanol–water partition coefficient (Wildman–Crippen LogP) is 2.00. The Labute approximate surface area is 52.1 Å². The van der Waals surface area contributed by atoms with Crippen molar-refractivity contribution in [2.45, 2.75) is 31.4 Å². The molecule has 1 saturated carbocycles. The topological polar surface area (TPSA) is 0 Å². The van der Waals surface area contributed by atoms with Gasteiger partial charge in [-0.15, -0.1) is 0 Å². The highest BCUT2D eigenvalue weighted by atomic mass is 19.2. The van der Waals surface area contributed by atoms with Crippen LogP contribution in [-0.2, 0) is 0 Å². The fourth-order valence-electron chi connectivity index (χ4n) is 0.903. The molecule has 0 aromatic heterocycles. The molecule has 0 saturated heterocycles. The zero-order chi connectivity index (χ0) is 6.85. The fourth-order valence-corrected chi connectivity index (χ4v) is 0.903. The Balaban J connectivity index is 2.41. The van der Waals surface area contributed by atoms with E-state index in [1.165, 1.54) is 6.42 Å². The third kappa shape index (κ3) is 1.37. The van der Waals surface area contributed by atoms with Gasteiger partial charge in [0.15, 0.2) is 6.17 Å². The lowest BCUT2D eigenvalue weighted by molar-refractivity contribution is 0.0706. The summed E-state index contributed by atoms with van der Waals surface area (Å²) in [7, 11) is 0. The Morgan fingerprint density at radius 1 is 1.22 bits per heavy atom. The van der Waals surface area contributed by atoms with Crippen molar-refractivity contribution in [3.05, 3.63) is 6.42 Å². The Bertz CT molecular complexity index is 84.3. The Kier molecular flexibility index (Phi) is 1.98. The van der Waals surface area contributed by atoms with Crippen LogP contribution in [0.15, 0.2) is 0 Å². The minimum atomic E-state index is -1.92. The van der Waals surface area contributed by atoms with E-state index >= 15 is 0 Å². The number of halogens is 3. The van der Waals surface area contributed by atoms with E-state index in [0.717, 1.165) is 0 Å². The maximum Gasteiger partial charge on any atom is 0.162 e. The molecule has 9 heavy (non-hydrogen) atoms. The molecule has 3 heteroatoms. The summed E-state index contributed by atoms with van der Waals surface area (Å²) in [5.41, 5.74) is 0. The van der Waals surface area contributed by atoms with Crippen LogP contribution in [0.1, 0.15) is 12.8 Å². The van der Waals surface area contributed by atoms with Gasteiger partial charge in [-0.3, -0.25) is 0 Å². The van der Waals surface area contributed by atoms with Gasteiger partial charge in [0.25, 0.3) is 0 Å². The first-order valence-electron chi connectivity index (χ1n) is 2.97. The van der Waals surface area contributed by atoms with Crippen molar-refractivity contribution < 1.29 is 13.2 Å². The molecule has 0 aliphatic heterocycles. The molecule has 3 unspecified atom stereocenters. The van der Waals surface area contributed by atoms with E-state index in [4.69, 9.17) is 0 Å². The van der Waals surface area contributed by atoms with Crippen LogP contribution in [-0.4, -0.2) is 18.5 Å². The van der Waals surface area contributed by atoms with Crippen LogP contribution >= 0.6 is 0 Å². The fraction of sp³-hybridized carbons (Fsp3) is 0.833. The minimum absolute atomic E-state index is 0.127. The molecule has 0 spiro atoms. The highest BCUT2D eigenvalue weighted by Gasteiger charge is 2.33. The van der Waals surface area contributed by atoms with Gasteiger partial charge in [-0.1, -0.05) is 0 Å². The first kappa shape index (κ1) is 6.90. The molecule has 0 amide bonds. The highest BCUT2D eigenvalue weighted by Crippen LogP contribution is 2.25. The molecule has 1 rings (SSSR count). The Morgan fingerprint density at radius 3 is 2.33 bits per heavy atom. The molecule has 0 aromatic carbocycles. The lowest BCUT2D eigenvalue weighted by Gasteiger charge is -2.22. The summed E-state index contributed by atoms with van der Waals surface area (Å²) >= 11 is 0. The Morgan fingerprint density at radius 2 is 1.89 bits per heavy atom. The number of rotatable bonds is 0. The van der Waals surface area contributed by atoms with Crippen LogP contribution in [0.4, 0.5) is 13.2 Å². The van der Waals surface area contributed by atoms with Gasteiger partial charge in [-0.25, -0.2) is 13.2 Å². The van der Waals surface area contributed by atoms with Crippen molar-refractivity contribution in [2.75, 3.05) is 0 Å². The largest absolute Gasteiger partial charge is 0.244 e. The molecule has 0 bridgehead atoms. The van der Waals surface area contributed by atoms with Crippen molar-refractivity contribution in [1.82, 2.24) is 0 Å². The second-order valence-electron chi connectivity index (χ2n) is 2.22.